The number of hydrogen-bond acceptors (Lipinski definition) is 1. The predicted molar refractivity (Wildman–Crippen MR) is 193 cm³/mol. The maximum absolute atomic E-state index is 6.33. The summed E-state index contributed by atoms with van der Waals surface area (Å²) in [5.74, 6) is 0. The highest BCUT2D eigenvalue weighted by atomic mass is 16.3. The Kier molecular flexibility index (Phi) is 4.61. The zero-order valence-electron chi connectivity index (χ0n) is 24.8. The van der Waals surface area contributed by atoms with Crippen molar-refractivity contribution in [3.8, 4) is 39.1 Å². The second-order valence-electron chi connectivity index (χ2n) is 12.4. The second kappa shape index (κ2) is 8.74. The molecule has 0 unspecified atom stereocenters. The monoisotopic (exact) mass is 583 g/mol. The second-order valence-corrected chi connectivity index (χ2v) is 12.4. The van der Waals surface area contributed by atoms with E-state index in [1.54, 1.807) is 0 Å². The van der Waals surface area contributed by atoms with Crippen molar-refractivity contribution in [2.24, 2.45) is 0 Å². The molecule has 0 fully saturated rings. The minimum Gasteiger partial charge on any atom is -0.456 e. The van der Waals surface area contributed by atoms with Crippen LogP contribution in [0.25, 0.3) is 104 Å². The van der Waals surface area contributed by atoms with Gasteiger partial charge in [0.1, 0.15) is 11.2 Å². The molecule has 8 aromatic carbocycles. The quantitative estimate of drug-likeness (QED) is 0.198. The zero-order valence-corrected chi connectivity index (χ0v) is 24.8. The van der Waals surface area contributed by atoms with Crippen molar-refractivity contribution < 1.29 is 4.42 Å². The molecule has 2 aromatic heterocycles. The van der Waals surface area contributed by atoms with Gasteiger partial charge in [-0.1, -0.05) is 121 Å². The van der Waals surface area contributed by atoms with E-state index in [0.717, 1.165) is 21.9 Å². The lowest BCUT2D eigenvalue weighted by molar-refractivity contribution is 0.669. The van der Waals surface area contributed by atoms with Gasteiger partial charge in [-0.25, -0.2) is 0 Å². The predicted octanol–water partition coefficient (Wildman–Crippen LogP) is 12.3. The molecule has 0 amide bonds. The largest absolute Gasteiger partial charge is 0.456 e. The Morgan fingerprint density at radius 2 is 0.935 bits per heavy atom. The Bertz CT molecular complexity index is 2890. The number of rotatable bonds is 2. The zero-order chi connectivity index (χ0) is 29.9. The smallest absolute Gasteiger partial charge is 0.136 e. The molecule has 2 nitrogen and oxygen atoms in total. The van der Waals surface area contributed by atoms with E-state index in [4.69, 9.17) is 4.42 Å². The van der Waals surface area contributed by atoms with Crippen LogP contribution >= 0.6 is 0 Å². The van der Waals surface area contributed by atoms with Crippen LogP contribution in [0.1, 0.15) is 0 Å². The average Bonchev–Trinajstić information content (AvgIpc) is 3.76. The summed E-state index contributed by atoms with van der Waals surface area (Å²) in [6.07, 6.45) is 0. The van der Waals surface area contributed by atoms with Crippen LogP contribution in [0.2, 0.25) is 0 Å². The molecule has 46 heavy (non-hydrogen) atoms. The van der Waals surface area contributed by atoms with Crippen molar-refractivity contribution in [3.05, 3.63) is 152 Å². The fourth-order valence-electron chi connectivity index (χ4n) is 8.20. The van der Waals surface area contributed by atoms with Crippen LogP contribution in [-0.4, -0.2) is 4.57 Å². The summed E-state index contributed by atoms with van der Waals surface area (Å²) in [7, 11) is 0. The molecule has 10 aromatic rings. The number of fused-ring (bicyclic) bond motifs is 10. The molecule has 0 bridgehead atoms. The van der Waals surface area contributed by atoms with E-state index in [1.165, 1.54) is 82.4 Å². The number of furan rings is 1. The van der Waals surface area contributed by atoms with Gasteiger partial charge in [0.25, 0.3) is 0 Å². The standard InChI is InChI=1S/C44H25NO/c1-2-12-28-27(11-1)34-16-9-17-35-30(20-21-36(28)44(34)35)29-22-23-40(31-13-4-3-10-26(29)31)45-39-18-7-5-14-32(39)37-25-43-38(24-41(37)45)33-15-6-8-19-42(33)46-43/h1-25H. The van der Waals surface area contributed by atoms with Gasteiger partial charge < -0.3 is 8.98 Å². The highest BCUT2D eigenvalue weighted by Gasteiger charge is 2.23. The Morgan fingerprint density at radius 1 is 0.326 bits per heavy atom. The minimum atomic E-state index is 0.921. The van der Waals surface area contributed by atoms with Crippen molar-refractivity contribution in [3.63, 3.8) is 0 Å². The summed E-state index contributed by atoms with van der Waals surface area (Å²) in [6.45, 7) is 0. The van der Waals surface area contributed by atoms with Crippen LogP contribution in [0.5, 0.6) is 0 Å². The van der Waals surface area contributed by atoms with Gasteiger partial charge in [0.15, 0.2) is 0 Å². The topological polar surface area (TPSA) is 18.1 Å². The van der Waals surface area contributed by atoms with E-state index in [0.29, 0.717) is 0 Å². The SMILES string of the molecule is c1ccc2c(c1)-c1cccc3c(-c4ccc(-n5c6ccccc6c6cc7oc8ccccc8c7cc65)c5ccccc45)ccc-2c13. The third-order valence-electron chi connectivity index (χ3n) is 10.2. The molecule has 2 heterocycles. The number of aromatic nitrogens is 1. The summed E-state index contributed by atoms with van der Waals surface area (Å²) in [4.78, 5) is 0. The van der Waals surface area contributed by atoms with Gasteiger partial charge in [-0.2, -0.15) is 0 Å². The normalized spacial score (nSPS) is 12.3. The van der Waals surface area contributed by atoms with Gasteiger partial charge in [-0.15, -0.1) is 0 Å². The first-order valence-corrected chi connectivity index (χ1v) is 15.9. The molecule has 0 radical (unpaired) electrons. The molecule has 0 saturated carbocycles. The maximum Gasteiger partial charge on any atom is 0.136 e. The molecule has 212 valence electrons. The molecule has 0 saturated heterocycles. The Balaban J connectivity index is 1.21. The van der Waals surface area contributed by atoms with E-state index >= 15 is 0 Å². The van der Waals surface area contributed by atoms with Crippen LogP contribution in [0.3, 0.4) is 0 Å². The Labute approximate surface area is 264 Å². The van der Waals surface area contributed by atoms with Crippen LogP contribution < -0.4 is 0 Å². The van der Waals surface area contributed by atoms with Gasteiger partial charge >= 0.3 is 0 Å². The third-order valence-corrected chi connectivity index (χ3v) is 10.2. The summed E-state index contributed by atoms with van der Waals surface area (Å²) in [6, 6.07) is 55.3. The minimum absolute atomic E-state index is 0.921. The molecular weight excluding hydrogens is 558 g/mol. The van der Waals surface area contributed by atoms with Gasteiger partial charge in [-0.3, -0.25) is 0 Å². The summed E-state index contributed by atoms with van der Waals surface area (Å²) < 4.78 is 8.77. The first-order chi connectivity index (χ1) is 22.8. The molecule has 11 rings (SSSR count). The molecule has 0 aliphatic heterocycles. The van der Waals surface area contributed by atoms with Gasteiger partial charge in [-0.05, 0) is 79.9 Å². The average molecular weight is 584 g/mol. The van der Waals surface area contributed by atoms with E-state index in [-0.39, 0.29) is 0 Å². The van der Waals surface area contributed by atoms with Crippen LogP contribution in [0.15, 0.2) is 156 Å². The number of benzene rings is 8. The van der Waals surface area contributed by atoms with Gasteiger partial charge in [0.05, 0.1) is 16.7 Å². The van der Waals surface area contributed by atoms with Gasteiger partial charge in [0.2, 0.25) is 0 Å². The fourth-order valence-corrected chi connectivity index (χ4v) is 8.20. The Hall–Kier alpha value is -6.12. The molecule has 0 N–H and O–H groups in total. The van der Waals surface area contributed by atoms with Crippen molar-refractivity contribution >= 4 is 65.3 Å². The summed E-state index contributed by atoms with van der Waals surface area (Å²) in [5.41, 5.74) is 13.2. The number of hydrogen-bond donors (Lipinski definition) is 0. The van der Waals surface area contributed by atoms with E-state index < -0.39 is 0 Å². The van der Waals surface area contributed by atoms with Crippen molar-refractivity contribution in [1.82, 2.24) is 4.57 Å². The van der Waals surface area contributed by atoms with Crippen LogP contribution in [0.4, 0.5) is 0 Å². The van der Waals surface area contributed by atoms with Crippen molar-refractivity contribution in [2.75, 3.05) is 0 Å². The number of para-hydroxylation sites is 2. The Morgan fingerprint density at radius 3 is 1.80 bits per heavy atom. The maximum atomic E-state index is 6.33. The first-order valence-electron chi connectivity index (χ1n) is 15.9. The lowest BCUT2D eigenvalue weighted by Gasteiger charge is -2.16. The van der Waals surface area contributed by atoms with Crippen LogP contribution in [0, 0.1) is 0 Å². The molecular formula is C44H25NO. The van der Waals surface area contributed by atoms with E-state index in [2.05, 4.69) is 150 Å². The third kappa shape index (κ3) is 3.05. The lowest BCUT2D eigenvalue weighted by Crippen LogP contribution is -1.96. The molecule has 0 atom stereocenters. The molecule has 0 spiro atoms. The number of nitrogens with zero attached hydrogens (tertiary/aromatic N) is 1. The van der Waals surface area contributed by atoms with E-state index in [9.17, 15) is 0 Å². The molecule has 2 heteroatoms. The van der Waals surface area contributed by atoms with Crippen molar-refractivity contribution in [2.45, 2.75) is 0 Å². The highest BCUT2D eigenvalue weighted by molar-refractivity contribution is 6.21. The first kappa shape index (κ1) is 24.2. The highest BCUT2D eigenvalue weighted by Crippen LogP contribution is 2.50. The molecule has 1 aliphatic rings. The fraction of sp³-hybridized carbons (Fsp3) is 0. The molecule has 1 aliphatic carbocycles. The van der Waals surface area contributed by atoms with Crippen LogP contribution in [-0.2, 0) is 0 Å². The van der Waals surface area contributed by atoms with E-state index in [1.807, 2.05) is 6.07 Å². The van der Waals surface area contributed by atoms with Crippen molar-refractivity contribution in [1.29, 1.82) is 0 Å². The van der Waals surface area contributed by atoms with Gasteiger partial charge in [0, 0.05) is 26.9 Å². The summed E-state index contributed by atoms with van der Waals surface area (Å²) >= 11 is 0. The lowest BCUT2D eigenvalue weighted by atomic mass is 9.91. The summed E-state index contributed by atoms with van der Waals surface area (Å²) in [5, 5.41) is 9.83.